The summed E-state index contributed by atoms with van der Waals surface area (Å²) in [6.45, 7) is 0. The first-order chi connectivity index (χ1) is 7.31. The number of imidazole rings is 1. The van der Waals surface area contributed by atoms with Crippen molar-refractivity contribution in [2.45, 2.75) is 24.5 Å². The predicted octanol–water partition coefficient (Wildman–Crippen LogP) is 2.15. The molecule has 1 aliphatic rings. The third-order valence-corrected chi connectivity index (χ3v) is 3.87. The molecule has 1 fully saturated rings. The zero-order chi connectivity index (χ0) is 10.7. The third kappa shape index (κ3) is 2.34. The molecule has 2 rings (SSSR count). The summed E-state index contributed by atoms with van der Waals surface area (Å²) in [6, 6.07) is 0. The van der Waals surface area contributed by atoms with E-state index in [9.17, 15) is 4.79 Å². The number of nitrogens with one attached hydrogen (secondary N) is 1. The highest BCUT2D eigenvalue weighted by Crippen LogP contribution is 2.36. The molecule has 1 aromatic heterocycles. The molecule has 1 aromatic rings. The Morgan fingerprint density at radius 1 is 1.67 bits per heavy atom. The minimum atomic E-state index is -0.352. The number of rotatable bonds is 2. The molecule has 0 aliphatic carbocycles. The lowest BCUT2D eigenvalue weighted by Crippen LogP contribution is -2.05. The van der Waals surface area contributed by atoms with Crippen molar-refractivity contribution in [3.8, 4) is 0 Å². The SMILES string of the molecule is COC(=O)c1cnc(C2CCCCS2)[nH]1. The Hall–Kier alpha value is -0.970. The van der Waals surface area contributed by atoms with E-state index in [4.69, 9.17) is 0 Å². The average Bonchev–Trinajstić information content (AvgIpc) is 2.78. The number of H-pyrrole nitrogens is 1. The standard InChI is InChI=1S/C10H14N2O2S/c1-14-10(13)7-6-11-9(12-7)8-4-2-3-5-15-8/h6,8H,2-5H2,1H3,(H,11,12). The van der Waals surface area contributed by atoms with E-state index in [0.717, 1.165) is 12.2 Å². The van der Waals surface area contributed by atoms with E-state index in [1.165, 1.54) is 25.7 Å². The number of thioether (sulfide) groups is 1. The van der Waals surface area contributed by atoms with Gasteiger partial charge in [-0.15, -0.1) is 0 Å². The molecule has 0 bridgehead atoms. The Kier molecular flexibility index (Phi) is 3.30. The Balaban J connectivity index is 2.08. The van der Waals surface area contributed by atoms with Gasteiger partial charge in [-0.3, -0.25) is 0 Å². The molecule has 0 aromatic carbocycles. The number of hydrogen-bond acceptors (Lipinski definition) is 4. The minimum absolute atomic E-state index is 0.352. The van der Waals surface area contributed by atoms with Gasteiger partial charge in [0.15, 0.2) is 0 Å². The zero-order valence-corrected chi connectivity index (χ0v) is 9.47. The lowest BCUT2D eigenvalue weighted by molar-refractivity contribution is 0.0594. The number of aromatic nitrogens is 2. The van der Waals surface area contributed by atoms with Gasteiger partial charge in [0.05, 0.1) is 18.6 Å². The van der Waals surface area contributed by atoms with E-state index in [2.05, 4.69) is 14.7 Å². The number of aromatic amines is 1. The van der Waals surface area contributed by atoms with Gasteiger partial charge in [0.1, 0.15) is 11.5 Å². The van der Waals surface area contributed by atoms with Gasteiger partial charge in [-0.2, -0.15) is 11.8 Å². The van der Waals surface area contributed by atoms with Gasteiger partial charge in [-0.25, -0.2) is 9.78 Å². The van der Waals surface area contributed by atoms with Crippen molar-refractivity contribution >= 4 is 17.7 Å². The normalized spacial score (nSPS) is 21.3. The molecule has 1 unspecified atom stereocenters. The van der Waals surface area contributed by atoms with Crippen molar-refractivity contribution in [1.29, 1.82) is 0 Å². The number of hydrogen-bond donors (Lipinski definition) is 1. The smallest absolute Gasteiger partial charge is 0.356 e. The molecule has 1 saturated heterocycles. The number of nitrogens with zero attached hydrogens (tertiary/aromatic N) is 1. The van der Waals surface area contributed by atoms with Crippen LogP contribution in [0.5, 0.6) is 0 Å². The second-order valence-electron chi connectivity index (χ2n) is 3.53. The van der Waals surface area contributed by atoms with Crippen molar-refractivity contribution in [3.63, 3.8) is 0 Å². The van der Waals surface area contributed by atoms with Crippen LogP contribution in [0.25, 0.3) is 0 Å². The largest absolute Gasteiger partial charge is 0.464 e. The molecule has 2 heterocycles. The van der Waals surface area contributed by atoms with E-state index >= 15 is 0 Å². The van der Waals surface area contributed by atoms with E-state index < -0.39 is 0 Å². The highest BCUT2D eigenvalue weighted by molar-refractivity contribution is 7.99. The number of ether oxygens (including phenoxy) is 1. The highest BCUT2D eigenvalue weighted by Gasteiger charge is 2.20. The van der Waals surface area contributed by atoms with E-state index in [1.54, 1.807) is 6.20 Å². The summed E-state index contributed by atoms with van der Waals surface area (Å²) in [5, 5.41) is 0.414. The molecule has 1 atom stereocenters. The van der Waals surface area contributed by atoms with Crippen LogP contribution in [-0.2, 0) is 4.74 Å². The minimum Gasteiger partial charge on any atom is -0.464 e. The molecule has 0 amide bonds. The van der Waals surface area contributed by atoms with Crippen LogP contribution in [0, 0.1) is 0 Å². The molecule has 0 radical (unpaired) electrons. The summed E-state index contributed by atoms with van der Waals surface area (Å²) in [6.07, 6.45) is 5.22. The van der Waals surface area contributed by atoms with Crippen LogP contribution in [0.3, 0.4) is 0 Å². The van der Waals surface area contributed by atoms with Crippen molar-refractivity contribution in [3.05, 3.63) is 17.7 Å². The van der Waals surface area contributed by atoms with Gasteiger partial charge in [-0.1, -0.05) is 6.42 Å². The fraction of sp³-hybridized carbons (Fsp3) is 0.600. The van der Waals surface area contributed by atoms with Gasteiger partial charge in [0, 0.05) is 0 Å². The van der Waals surface area contributed by atoms with Crippen LogP contribution in [0.2, 0.25) is 0 Å². The van der Waals surface area contributed by atoms with Crippen LogP contribution in [0.4, 0.5) is 0 Å². The molecular formula is C10H14N2O2S. The van der Waals surface area contributed by atoms with Gasteiger partial charge in [-0.05, 0) is 18.6 Å². The van der Waals surface area contributed by atoms with E-state index in [1.807, 2.05) is 11.8 Å². The Morgan fingerprint density at radius 2 is 2.53 bits per heavy atom. The highest BCUT2D eigenvalue weighted by atomic mass is 32.2. The van der Waals surface area contributed by atoms with Crippen molar-refractivity contribution in [1.82, 2.24) is 9.97 Å². The molecular weight excluding hydrogens is 212 g/mol. The summed E-state index contributed by atoms with van der Waals surface area (Å²) >= 11 is 1.90. The van der Waals surface area contributed by atoms with Gasteiger partial charge < -0.3 is 9.72 Å². The second-order valence-corrected chi connectivity index (χ2v) is 4.84. The third-order valence-electron chi connectivity index (χ3n) is 2.49. The summed E-state index contributed by atoms with van der Waals surface area (Å²) in [5.74, 6) is 1.73. The van der Waals surface area contributed by atoms with Gasteiger partial charge in [0.25, 0.3) is 0 Å². The molecule has 5 heteroatoms. The number of methoxy groups -OCH3 is 1. The summed E-state index contributed by atoms with van der Waals surface area (Å²) in [7, 11) is 1.37. The van der Waals surface area contributed by atoms with Crippen molar-refractivity contribution in [2.75, 3.05) is 12.9 Å². The van der Waals surface area contributed by atoms with Crippen molar-refractivity contribution < 1.29 is 9.53 Å². The van der Waals surface area contributed by atoms with Crippen LogP contribution in [0.1, 0.15) is 40.8 Å². The van der Waals surface area contributed by atoms with Crippen LogP contribution in [0.15, 0.2) is 6.20 Å². The first-order valence-corrected chi connectivity index (χ1v) is 6.11. The first kappa shape index (κ1) is 10.5. The second kappa shape index (κ2) is 4.70. The molecule has 1 aliphatic heterocycles. The monoisotopic (exact) mass is 226 g/mol. The fourth-order valence-corrected chi connectivity index (χ4v) is 2.94. The number of carbonyl (C=O) groups excluding carboxylic acids is 1. The zero-order valence-electron chi connectivity index (χ0n) is 8.66. The van der Waals surface area contributed by atoms with E-state index in [-0.39, 0.29) is 5.97 Å². The maximum Gasteiger partial charge on any atom is 0.356 e. The summed E-state index contributed by atoms with van der Waals surface area (Å²) < 4.78 is 4.62. The van der Waals surface area contributed by atoms with Crippen molar-refractivity contribution in [2.24, 2.45) is 0 Å². The van der Waals surface area contributed by atoms with Crippen LogP contribution >= 0.6 is 11.8 Å². The van der Waals surface area contributed by atoms with Gasteiger partial charge in [0.2, 0.25) is 0 Å². The Morgan fingerprint density at radius 3 is 3.20 bits per heavy atom. The molecule has 15 heavy (non-hydrogen) atoms. The summed E-state index contributed by atoms with van der Waals surface area (Å²) in [5.41, 5.74) is 0.443. The Labute approximate surface area is 92.8 Å². The summed E-state index contributed by atoms with van der Waals surface area (Å²) in [4.78, 5) is 18.5. The molecule has 4 nitrogen and oxygen atoms in total. The fourth-order valence-electron chi connectivity index (χ4n) is 1.67. The Bertz CT molecular complexity index is 345. The lowest BCUT2D eigenvalue weighted by atomic mass is 10.2. The molecule has 0 saturated carbocycles. The maximum absolute atomic E-state index is 11.2. The quantitative estimate of drug-likeness (QED) is 0.785. The van der Waals surface area contributed by atoms with Crippen LogP contribution in [-0.4, -0.2) is 28.8 Å². The maximum atomic E-state index is 11.2. The van der Waals surface area contributed by atoms with Crippen LogP contribution < -0.4 is 0 Å². The first-order valence-electron chi connectivity index (χ1n) is 5.06. The lowest BCUT2D eigenvalue weighted by Gasteiger charge is -2.18. The number of carbonyl (C=O) groups is 1. The van der Waals surface area contributed by atoms with E-state index in [0.29, 0.717) is 10.9 Å². The average molecular weight is 226 g/mol. The topological polar surface area (TPSA) is 55.0 Å². The van der Waals surface area contributed by atoms with Gasteiger partial charge >= 0.3 is 5.97 Å². The molecule has 1 N–H and O–H groups in total. The molecule has 0 spiro atoms. The predicted molar refractivity (Wildman–Crippen MR) is 59.0 cm³/mol. The number of esters is 1. The molecule has 82 valence electrons.